The van der Waals surface area contributed by atoms with Gasteiger partial charge in [0.25, 0.3) is 0 Å². The number of hydrogen-bond donors (Lipinski definition) is 3. The first-order valence-corrected chi connectivity index (χ1v) is 4.90. The van der Waals surface area contributed by atoms with Crippen LogP contribution in [0.5, 0.6) is 0 Å². The molecule has 0 saturated carbocycles. The summed E-state index contributed by atoms with van der Waals surface area (Å²) in [6, 6.07) is 0. The predicted octanol–water partition coefficient (Wildman–Crippen LogP) is 0.673. The van der Waals surface area contributed by atoms with E-state index in [1.165, 1.54) is 0 Å². The largest absolute Gasteiger partial charge is 0.380 e. The van der Waals surface area contributed by atoms with Gasteiger partial charge in [-0.25, -0.2) is 0 Å². The van der Waals surface area contributed by atoms with Gasteiger partial charge in [0.15, 0.2) is 5.85 Å². The van der Waals surface area contributed by atoms with E-state index in [-0.39, 0.29) is 6.42 Å². The number of aliphatic hydroxyl groups is 1. The molecule has 0 aromatic heterocycles. The molecular weight excluding hydrogens is 155 g/mol. The molecule has 0 amide bonds. The Labute approximate surface area is 60.0 Å². The quantitative estimate of drug-likeness (QED) is 0.539. The maximum absolute atomic E-state index is 10.3. The van der Waals surface area contributed by atoms with Gasteiger partial charge in [0, 0.05) is 0 Å². The van der Waals surface area contributed by atoms with Crippen molar-refractivity contribution in [3.05, 3.63) is 0 Å². The summed E-state index contributed by atoms with van der Waals surface area (Å²) in [5, 5.41) is 8.75. The monoisotopic (exact) mass is 168 g/mol. The molecule has 0 fully saturated rings. The third kappa shape index (κ3) is 4.01. The van der Waals surface area contributed by atoms with Gasteiger partial charge in [-0.2, -0.15) is 0 Å². The van der Waals surface area contributed by atoms with E-state index < -0.39 is 13.4 Å². The van der Waals surface area contributed by atoms with Crippen LogP contribution in [0.4, 0.5) is 0 Å². The van der Waals surface area contributed by atoms with E-state index >= 15 is 0 Å². The highest BCUT2D eigenvalue weighted by molar-refractivity contribution is 7.52. The molecule has 0 aliphatic carbocycles. The standard InChI is InChI=1S/C5H13O4P/c1-2-3-4-5(6)10(7,8)9/h5-6H,2-4H2,1H3,(H2,7,8,9). The second kappa shape index (κ2) is 4.09. The Morgan fingerprint density at radius 2 is 2.00 bits per heavy atom. The summed E-state index contributed by atoms with van der Waals surface area (Å²) in [6.07, 6.45) is 1.66. The third-order valence-corrected chi connectivity index (χ3v) is 2.24. The van der Waals surface area contributed by atoms with Crippen LogP contribution in [0.25, 0.3) is 0 Å². The fourth-order valence-electron chi connectivity index (χ4n) is 0.555. The van der Waals surface area contributed by atoms with Crippen LogP contribution in [-0.2, 0) is 4.57 Å². The van der Waals surface area contributed by atoms with Crippen molar-refractivity contribution in [1.82, 2.24) is 0 Å². The van der Waals surface area contributed by atoms with E-state index in [4.69, 9.17) is 14.9 Å². The van der Waals surface area contributed by atoms with E-state index in [2.05, 4.69) is 0 Å². The summed E-state index contributed by atoms with van der Waals surface area (Å²) in [5.74, 6) is -1.47. The maximum atomic E-state index is 10.3. The van der Waals surface area contributed by atoms with Crippen molar-refractivity contribution in [3.63, 3.8) is 0 Å². The molecule has 0 bridgehead atoms. The fourth-order valence-corrected chi connectivity index (χ4v) is 1.07. The first-order valence-electron chi connectivity index (χ1n) is 3.21. The van der Waals surface area contributed by atoms with Crippen molar-refractivity contribution in [2.24, 2.45) is 0 Å². The lowest BCUT2D eigenvalue weighted by atomic mass is 10.3. The maximum Gasteiger partial charge on any atom is 0.353 e. The van der Waals surface area contributed by atoms with E-state index in [0.717, 1.165) is 6.42 Å². The summed E-state index contributed by atoms with van der Waals surface area (Å²) in [5.41, 5.74) is 0. The van der Waals surface area contributed by atoms with Crippen molar-refractivity contribution in [3.8, 4) is 0 Å². The van der Waals surface area contributed by atoms with Gasteiger partial charge in [0.2, 0.25) is 0 Å². The number of hydrogen-bond acceptors (Lipinski definition) is 2. The van der Waals surface area contributed by atoms with Gasteiger partial charge in [-0.15, -0.1) is 0 Å². The average Bonchev–Trinajstić information content (AvgIpc) is 1.80. The van der Waals surface area contributed by atoms with Crippen LogP contribution in [-0.4, -0.2) is 20.7 Å². The van der Waals surface area contributed by atoms with Crippen molar-refractivity contribution < 1.29 is 19.5 Å². The first kappa shape index (κ1) is 10.1. The smallest absolute Gasteiger partial charge is 0.353 e. The molecule has 1 atom stereocenters. The van der Waals surface area contributed by atoms with Gasteiger partial charge in [0.1, 0.15) is 0 Å². The molecule has 0 aromatic carbocycles. The average molecular weight is 168 g/mol. The molecule has 0 aliphatic heterocycles. The molecule has 62 valence electrons. The molecule has 0 rings (SSSR count). The molecule has 10 heavy (non-hydrogen) atoms. The lowest BCUT2D eigenvalue weighted by Crippen LogP contribution is -2.06. The van der Waals surface area contributed by atoms with Crippen LogP contribution in [0.2, 0.25) is 0 Å². The molecule has 0 saturated heterocycles. The van der Waals surface area contributed by atoms with Crippen LogP contribution < -0.4 is 0 Å². The van der Waals surface area contributed by atoms with E-state index in [1.54, 1.807) is 0 Å². The molecule has 5 heteroatoms. The summed E-state index contributed by atoms with van der Waals surface area (Å²) >= 11 is 0. The zero-order valence-corrected chi connectivity index (χ0v) is 6.79. The van der Waals surface area contributed by atoms with Crippen molar-refractivity contribution >= 4 is 7.60 Å². The highest BCUT2D eigenvalue weighted by atomic mass is 31.2. The van der Waals surface area contributed by atoms with Gasteiger partial charge in [-0.1, -0.05) is 19.8 Å². The lowest BCUT2D eigenvalue weighted by Gasteiger charge is -2.10. The Hall–Kier alpha value is 0.110. The molecule has 3 N–H and O–H groups in total. The van der Waals surface area contributed by atoms with Gasteiger partial charge in [-0.05, 0) is 6.42 Å². The van der Waals surface area contributed by atoms with Crippen LogP contribution in [0.1, 0.15) is 26.2 Å². The SMILES string of the molecule is CCCCC(O)P(=O)(O)O. The van der Waals surface area contributed by atoms with Crippen LogP contribution >= 0.6 is 7.60 Å². The Balaban J connectivity index is 3.63. The molecule has 0 radical (unpaired) electrons. The Morgan fingerprint density at radius 1 is 1.50 bits per heavy atom. The summed E-state index contributed by atoms with van der Waals surface area (Å²) in [6.45, 7) is 1.90. The second-order valence-electron chi connectivity index (χ2n) is 2.21. The van der Waals surface area contributed by atoms with Crippen molar-refractivity contribution in [2.75, 3.05) is 0 Å². The molecule has 0 aliphatic rings. The normalized spacial score (nSPS) is 15.2. The number of rotatable bonds is 4. The minimum Gasteiger partial charge on any atom is -0.380 e. The summed E-state index contributed by atoms with van der Waals surface area (Å²) in [7, 11) is -4.23. The summed E-state index contributed by atoms with van der Waals surface area (Å²) in [4.78, 5) is 16.7. The van der Waals surface area contributed by atoms with Gasteiger partial charge >= 0.3 is 7.60 Å². The molecule has 4 nitrogen and oxygen atoms in total. The minimum atomic E-state index is -4.23. The van der Waals surface area contributed by atoms with Crippen molar-refractivity contribution in [2.45, 2.75) is 32.0 Å². The Morgan fingerprint density at radius 3 is 2.30 bits per heavy atom. The molecule has 0 heterocycles. The fraction of sp³-hybridized carbons (Fsp3) is 1.00. The molecule has 1 unspecified atom stereocenters. The Bertz CT molecular complexity index is 130. The van der Waals surface area contributed by atoms with Crippen LogP contribution in [0.3, 0.4) is 0 Å². The Kier molecular flexibility index (Phi) is 4.13. The zero-order valence-electron chi connectivity index (χ0n) is 5.90. The summed E-state index contributed by atoms with van der Waals surface area (Å²) < 4.78 is 10.3. The van der Waals surface area contributed by atoms with Crippen LogP contribution in [0, 0.1) is 0 Å². The van der Waals surface area contributed by atoms with Gasteiger partial charge < -0.3 is 14.9 Å². The number of aliphatic hydroxyl groups excluding tert-OH is 1. The topological polar surface area (TPSA) is 77.8 Å². The highest BCUT2D eigenvalue weighted by Gasteiger charge is 2.24. The zero-order chi connectivity index (χ0) is 8.20. The highest BCUT2D eigenvalue weighted by Crippen LogP contribution is 2.41. The van der Waals surface area contributed by atoms with Crippen molar-refractivity contribution in [1.29, 1.82) is 0 Å². The van der Waals surface area contributed by atoms with E-state index in [0.29, 0.717) is 6.42 Å². The van der Waals surface area contributed by atoms with Gasteiger partial charge in [0.05, 0.1) is 0 Å². The molecular formula is C5H13O4P. The third-order valence-electron chi connectivity index (χ3n) is 1.20. The lowest BCUT2D eigenvalue weighted by molar-refractivity contribution is 0.191. The van der Waals surface area contributed by atoms with Crippen LogP contribution in [0.15, 0.2) is 0 Å². The minimum absolute atomic E-state index is 0.181. The van der Waals surface area contributed by atoms with E-state index in [1.807, 2.05) is 6.92 Å². The van der Waals surface area contributed by atoms with E-state index in [9.17, 15) is 4.57 Å². The second-order valence-corrected chi connectivity index (χ2v) is 3.99. The molecule has 0 aromatic rings. The van der Waals surface area contributed by atoms with Gasteiger partial charge in [-0.3, -0.25) is 4.57 Å². The number of unbranched alkanes of at least 4 members (excludes halogenated alkanes) is 1. The first-order chi connectivity index (χ1) is 4.48. The molecule has 0 spiro atoms. The predicted molar refractivity (Wildman–Crippen MR) is 37.6 cm³/mol.